The van der Waals surface area contributed by atoms with E-state index < -0.39 is 0 Å². The van der Waals surface area contributed by atoms with E-state index in [0.29, 0.717) is 18.1 Å². The second kappa shape index (κ2) is 7.43. The van der Waals surface area contributed by atoms with Crippen molar-refractivity contribution < 1.29 is 0 Å². The van der Waals surface area contributed by atoms with Crippen LogP contribution < -0.4 is 5.73 Å². The molecule has 4 atom stereocenters. The minimum absolute atomic E-state index is 0.484. The predicted octanol–water partition coefficient (Wildman–Crippen LogP) is 2.94. The van der Waals surface area contributed by atoms with E-state index in [4.69, 9.17) is 5.73 Å². The summed E-state index contributed by atoms with van der Waals surface area (Å²) in [4.78, 5) is 5.15. The summed E-state index contributed by atoms with van der Waals surface area (Å²) in [5, 5.41) is 0. The average Bonchev–Trinajstić information content (AvgIpc) is 2.95. The Morgan fingerprint density at radius 3 is 2.00 bits per heavy atom. The molecule has 2 bridgehead atoms. The van der Waals surface area contributed by atoms with Gasteiger partial charge in [-0.25, -0.2) is 0 Å². The fourth-order valence-electron chi connectivity index (χ4n) is 4.38. The zero-order chi connectivity index (χ0) is 15.6. The summed E-state index contributed by atoms with van der Waals surface area (Å²) < 4.78 is 0. The lowest BCUT2D eigenvalue weighted by Gasteiger charge is -2.33. The highest BCUT2D eigenvalue weighted by Gasteiger charge is 2.45. The molecule has 2 unspecified atom stereocenters. The zero-order valence-corrected chi connectivity index (χ0v) is 14.9. The highest BCUT2D eigenvalue weighted by molar-refractivity contribution is 5.02. The first-order valence-electron chi connectivity index (χ1n) is 9.15. The summed E-state index contributed by atoms with van der Waals surface area (Å²) in [6.45, 7) is 15.4. The van der Waals surface area contributed by atoms with Crippen LogP contribution in [0.1, 0.15) is 60.3 Å². The van der Waals surface area contributed by atoms with Gasteiger partial charge in [-0.05, 0) is 71.8 Å². The van der Waals surface area contributed by atoms with Crippen LogP contribution in [-0.2, 0) is 0 Å². The summed E-state index contributed by atoms with van der Waals surface area (Å²) in [6, 6.07) is 2.64. The standard InChI is InChI=1S/C9H18N2.C9H19N/c1-6(2)11-5-7-3-4-8(11)9(7)10;1-8(2)10-6-4-5-9(3)7-10/h6-9H,3-5,10H2,1-2H3;8-9H,4-7H2,1-3H3/t7?,8?,9-;9-/m11/s1. The van der Waals surface area contributed by atoms with Crippen LogP contribution >= 0.6 is 0 Å². The van der Waals surface area contributed by atoms with Crippen LogP contribution in [0.4, 0.5) is 0 Å². The minimum Gasteiger partial charge on any atom is -0.326 e. The molecule has 0 radical (unpaired) electrons. The molecule has 0 aromatic heterocycles. The first-order chi connectivity index (χ1) is 9.90. The highest BCUT2D eigenvalue weighted by atomic mass is 15.2. The third-order valence-corrected chi connectivity index (χ3v) is 5.78. The Balaban J connectivity index is 0.000000155. The van der Waals surface area contributed by atoms with Crippen molar-refractivity contribution in [2.24, 2.45) is 17.6 Å². The van der Waals surface area contributed by atoms with Gasteiger partial charge in [0, 0.05) is 37.3 Å². The number of nitrogens with zero attached hydrogens (tertiary/aromatic N) is 2. The first-order valence-corrected chi connectivity index (χ1v) is 9.15. The van der Waals surface area contributed by atoms with E-state index in [1.165, 1.54) is 45.3 Å². The normalized spacial score (nSPS) is 37.1. The zero-order valence-electron chi connectivity index (χ0n) is 14.9. The van der Waals surface area contributed by atoms with Crippen LogP contribution in [-0.4, -0.2) is 53.6 Å². The maximum absolute atomic E-state index is 6.07. The molecule has 2 saturated heterocycles. The number of hydrogen-bond acceptors (Lipinski definition) is 3. The molecule has 3 nitrogen and oxygen atoms in total. The Labute approximate surface area is 132 Å². The molecule has 21 heavy (non-hydrogen) atoms. The largest absolute Gasteiger partial charge is 0.326 e. The Hall–Kier alpha value is -0.120. The number of hydrogen-bond donors (Lipinski definition) is 1. The molecular weight excluding hydrogens is 258 g/mol. The number of fused-ring (bicyclic) bond motifs is 2. The Bertz CT molecular complexity index is 316. The van der Waals surface area contributed by atoms with E-state index in [1.807, 2.05) is 0 Å². The van der Waals surface area contributed by atoms with Crippen molar-refractivity contribution in [3.8, 4) is 0 Å². The fourth-order valence-corrected chi connectivity index (χ4v) is 4.38. The molecule has 3 fully saturated rings. The summed E-state index contributed by atoms with van der Waals surface area (Å²) in [5.74, 6) is 1.73. The van der Waals surface area contributed by atoms with E-state index in [9.17, 15) is 0 Å². The van der Waals surface area contributed by atoms with Gasteiger partial charge < -0.3 is 10.6 Å². The van der Waals surface area contributed by atoms with Crippen molar-refractivity contribution >= 4 is 0 Å². The Morgan fingerprint density at radius 2 is 1.67 bits per heavy atom. The molecular formula is C18H37N3. The molecule has 124 valence electrons. The van der Waals surface area contributed by atoms with Gasteiger partial charge >= 0.3 is 0 Å². The van der Waals surface area contributed by atoms with E-state index in [1.54, 1.807) is 0 Å². The summed E-state index contributed by atoms with van der Waals surface area (Å²) >= 11 is 0. The van der Waals surface area contributed by atoms with E-state index in [0.717, 1.165) is 17.9 Å². The quantitative estimate of drug-likeness (QED) is 0.850. The van der Waals surface area contributed by atoms with Crippen LogP contribution in [0.15, 0.2) is 0 Å². The van der Waals surface area contributed by atoms with Crippen molar-refractivity contribution in [3.63, 3.8) is 0 Å². The maximum atomic E-state index is 6.07. The van der Waals surface area contributed by atoms with Crippen molar-refractivity contribution in [3.05, 3.63) is 0 Å². The van der Waals surface area contributed by atoms with Gasteiger partial charge in [-0.1, -0.05) is 6.92 Å². The number of likely N-dealkylation sites (tertiary alicyclic amines) is 2. The van der Waals surface area contributed by atoms with Crippen LogP contribution in [0.25, 0.3) is 0 Å². The highest BCUT2D eigenvalue weighted by Crippen LogP contribution is 2.37. The smallest absolute Gasteiger partial charge is 0.0253 e. The Morgan fingerprint density at radius 1 is 0.952 bits per heavy atom. The lowest BCUT2D eigenvalue weighted by atomic mass is 9.99. The molecule has 2 aliphatic heterocycles. The lowest BCUT2D eigenvalue weighted by molar-refractivity contribution is 0.147. The summed E-state index contributed by atoms with van der Waals surface area (Å²) in [5.41, 5.74) is 6.07. The molecule has 3 rings (SSSR count). The second-order valence-corrected chi connectivity index (χ2v) is 8.11. The van der Waals surface area contributed by atoms with Gasteiger partial charge in [0.25, 0.3) is 0 Å². The molecule has 3 aliphatic rings. The number of piperidine rings is 2. The molecule has 2 N–H and O–H groups in total. The van der Waals surface area contributed by atoms with Gasteiger partial charge in [-0.3, -0.25) is 4.90 Å². The van der Waals surface area contributed by atoms with Crippen LogP contribution in [0.2, 0.25) is 0 Å². The topological polar surface area (TPSA) is 32.5 Å². The molecule has 1 saturated carbocycles. The lowest BCUT2D eigenvalue weighted by Crippen LogP contribution is -2.41. The van der Waals surface area contributed by atoms with Crippen LogP contribution in [0.3, 0.4) is 0 Å². The van der Waals surface area contributed by atoms with Crippen LogP contribution in [0, 0.1) is 11.8 Å². The predicted molar refractivity (Wildman–Crippen MR) is 91.4 cm³/mol. The number of rotatable bonds is 2. The van der Waals surface area contributed by atoms with Crippen molar-refractivity contribution in [1.29, 1.82) is 0 Å². The number of nitrogens with two attached hydrogens (primary N) is 1. The van der Waals surface area contributed by atoms with Gasteiger partial charge in [-0.15, -0.1) is 0 Å². The average molecular weight is 296 g/mol. The van der Waals surface area contributed by atoms with Crippen molar-refractivity contribution in [2.75, 3.05) is 19.6 Å². The van der Waals surface area contributed by atoms with Gasteiger partial charge in [-0.2, -0.15) is 0 Å². The third kappa shape index (κ3) is 4.20. The van der Waals surface area contributed by atoms with Gasteiger partial charge in [0.05, 0.1) is 0 Å². The van der Waals surface area contributed by atoms with E-state index in [2.05, 4.69) is 44.4 Å². The SMILES string of the molecule is CC(C)N1CC2CCC1[C@@H]2N.CC(C)N1CCC[C@@H](C)C1. The van der Waals surface area contributed by atoms with E-state index >= 15 is 0 Å². The summed E-state index contributed by atoms with van der Waals surface area (Å²) in [7, 11) is 0. The van der Waals surface area contributed by atoms with Gasteiger partial charge in [0.1, 0.15) is 0 Å². The molecule has 1 aliphatic carbocycles. The van der Waals surface area contributed by atoms with Crippen molar-refractivity contribution in [1.82, 2.24) is 9.80 Å². The third-order valence-electron chi connectivity index (χ3n) is 5.78. The minimum atomic E-state index is 0.484. The monoisotopic (exact) mass is 295 g/mol. The maximum Gasteiger partial charge on any atom is 0.0253 e. The van der Waals surface area contributed by atoms with Crippen LogP contribution in [0.5, 0.6) is 0 Å². The Kier molecular flexibility index (Phi) is 6.10. The van der Waals surface area contributed by atoms with Crippen molar-refractivity contribution in [2.45, 2.75) is 84.5 Å². The first kappa shape index (κ1) is 17.2. The molecule has 0 amide bonds. The molecule has 2 heterocycles. The molecule has 0 aromatic rings. The van der Waals surface area contributed by atoms with Gasteiger partial charge in [0.15, 0.2) is 0 Å². The van der Waals surface area contributed by atoms with Gasteiger partial charge in [0.2, 0.25) is 0 Å². The molecule has 3 heteroatoms. The molecule has 0 spiro atoms. The summed E-state index contributed by atoms with van der Waals surface area (Å²) in [6.07, 6.45) is 5.54. The van der Waals surface area contributed by atoms with E-state index in [-0.39, 0.29) is 0 Å². The second-order valence-electron chi connectivity index (χ2n) is 8.11. The fraction of sp³-hybridized carbons (Fsp3) is 1.00. The molecule has 0 aromatic carbocycles.